The minimum atomic E-state index is 0.0340. The molecular weight excluding hydrogens is 272 g/mol. The smallest absolute Gasteiger partial charge is 0.240 e. The molecule has 1 N–H and O–H groups in total. The molecule has 108 valence electrons. The Hall–Kier alpha value is -1.11. The zero-order valence-corrected chi connectivity index (χ0v) is 12.3. The SMILES string of the molecule is O=C(C1CSCN1)N1CCN(Cc2ccncc2)CC1. The number of nitrogens with one attached hydrogen (secondary N) is 1. The lowest BCUT2D eigenvalue weighted by atomic mass is 10.2. The number of rotatable bonds is 3. The first-order valence-electron chi connectivity index (χ1n) is 7.04. The number of pyridine rings is 1. The molecule has 1 unspecified atom stereocenters. The Bertz CT molecular complexity index is 442. The zero-order chi connectivity index (χ0) is 13.8. The summed E-state index contributed by atoms with van der Waals surface area (Å²) in [6, 6.07) is 4.14. The molecule has 6 heteroatoms. The first kappa shape index (κ1) is 13.9. The van der Waals surface area contributed by atoms with E-state index in [1.807, 2.05) is 17.3 Å². The first-order valence-corrected chi connectivity index (χ1v) is 8.19. The number of carbonyl (C=O) groups is 1. The number of carbonyl (C=O) groups excluding carboxylic acids is 1. The number of amides is 1. The molecule has 2 saturated heterocycles. The third-order valence-electron chi connectivity index (χ3n) is 3.85. The maximum atomic E-state index is 12.3. The lowest BCUT2D eigenvalue weighted by molar-refractivity contribution is -0.134. The fourth-order valence-corrected chi connectivity index (χ4v) is 3.58. The molecule has 1 atom stereocenters. The highest BCUT2D eigenvalue weighted by molar-refractivity contribution is 7.99. The molecular formula is C14H20N4OS. The Kier molecular flexibility index (Phi) is 4.54. The van der Waals surface area contributed by atoms with Crippen LogP contribution >= 0.6 is 11.8 Å². The number of nitrogens with zero attached hydrogens (tertiary/aromatic N) is 3. The zero-order valence-electron chi connectivity index (χ0n) is 11.5. The summed E-state index contributed by atoms with van der Waals surface area (Å²) in [6.45, 7) is 4.53. The summed E-state index contributed by atoms with van der Waals surface area (Å²) in [7, 11) is 0. The number of hydrogen-bond donors (Lipinski definition) is 1. The van der Waals surface area contributed by atoms with Crippen molar-refractivity contribution in [3.63, 3.8) is 0 Å². The lowest BCUT2D eigenvalue weighted by Crippen LogP contribution is -2.53. The Morgan fingerprint density at radius 2 is 2.05 bits per heavy atom. The minimum Gasteiger partial charge on any atom is -0.339 e. The molecule has 0 aromatic carbocycles. The summed E-state index contributed by atoms with van der Waals surface area (Å²) < 4.78 is 0. The number of aromatic nitrogens is 1. The van der Waals surface area contributed by atoms with Gasteiger partial charge in [0, 0.05) is 56.7 Å². The topological polar surface area (TPSA) is 48.5 Å². The van der Waals surface area contributed by atoms with Crippen molar-refractivity contribution in [1.29, 1.82) is 0 Å². The van der Waals surface area contributed by atoms with Gasteiger partial charge in [-0.15, -0.1) is 11.8 Å². The van der Waals surface area contributed by atoms with Gasteiger partial charge in [-0.05, 0) is 17.7 Å². The van der Waals surface area contributed by atoms with Gasteiger partial charge in [-0.2, -0.15) is 0 Å². The van der Waals surface area contributed by atoms with Crippen LogP contribution in [-0.4, -0.2) is 64.5 Å². The van der Waals surface area contributed by atoms with Crippen molar-refractivity contribution in [3.8, 4) is 0 Å². The van der Waals surface area contributed by atoms with E-state index in [0.717, 1.165) is 44.4 Å². The maximum absolute atomic E-state index is 12.3. The van der Waals surface area contributed by atoms with Crippen LogP contribution in [0.15, 0.2) is 24.5 Å². The second-order valence-electron chi connectivity index (χ2n) is 5.23. The number of hydrogen-bond acceptors (Lipinski definition) is 5. The molecule has 0 radical (unpaired) electrons. The fraction of sp³-hybridized carbons (Fsp3) is 0.571. The predicted molar refractivity (Wildman–Crippen MR) is 80.3 cm³/mol. The van der Waals surface area contributed by atoms with Crippen molar-refractivity contribution in [2.45, 2.75) is 12.6 Å². The van der Waals surface area contributed by atoms with E-state index in [4.69, 9.17) is 0 Å². The van der Waals surface area contributed by atoms with Gasteiger partial charge in [0.2, 0.25) is 5.91 Å². The third-order valence-corrected chi connectivity index (χ3v) is 4.79. The molecule has 2 aliphatic rings. The molecule has 1 aromatic rings. The van der Waals surface area contributed by atoms with Crippen molar-refractivity contribution in [1.82, 2.24) is 20.1 Å². The average Bonchev–Trinajstić information content (AvgIpc) is 3.03. The molecule has 0 saturated carbocycles. The molecule has 5 nitrogen and oxygen atoms in total. The fourth-order valence-electron chi connectivity index (χ4n) is 2.65. The van der Waals surface area contributed by atoms with Crippen LogP contribution in [0.2, 0.25) is 0 Å². The summed E-state index contributed by atoms with van der Waals surface area (Å²) in [5.41, 5.74) is 1.29. The van der Waals surface area contributed by atoms with E-state index in [1.54, 1.807) is 11.8 Å². The Morgan fingerprint density at radius 1 is 1.30 bits per heavy atom. The van der Waals surface area contributed by atoms with Crippen LogP contribution in [-0.2, 0) is 11.3 Å². The second kappa shape index (κ2) is 6.56. The quantitative estimate of drug-likeness (QED) is 0.873. The van der Waals surface area contributed by atoms with Crippen molar-refractivity contribution in [2.24, 2.45) is 0 Å². The van der Waals surface area contributed by atoms with Crippen LogP contribution in [0.5, 0.6) is 0 Å². The van der Waals surface area contributed by atoms with Crippen LogP contribution in [0.25, 0.3) is 0 Å². The molecule has 0 spiro atoms. The Morgan fingerprint density at radius 3 is 2.70 bits per heavy atom. The van der Waals surface area contributed by atoms with Crippen LogP contribution < -0.4 is 5.32 Å². The molecule has 3 rings (SSSR count). The molecule has 2 fully saturated rings. The van der Waals surface area contributed by atoms with Gasteiger partial charge in [0.25, 0.3) is 0 Å². The van der Waals surface area contributed by atoms with E-state index in [9.17, 15) is 4.79 Å². The highest BCUT2D eigenvalue weighted by Crippen LogP contribution is 2.14. The normalized spacial score (nSPS) is 24.0. The maximum Gasteiger partial charge on any atom is 0.240 e. The van der Waals surface area contributed by atoms with Gasteiger partial charge in [0.05, 0.1) is 6.04 Å². The van der Waals surface area contributed by atoms with Gasteiger partial charge < -0.3 is 4.90 Å². The second-order valence-corrected chi connectivity index (χ2v) is 6.26. The van der Waals surface area contributed by atoms with Gasteiger partial charge in [0.1, 0.15) is 0 Å². The van der Waals surface area contributed by atoms with E-state index in [2.05, 4.69) is 27.3 Å². The summed E-state index contributed by atoms with van der Waals surface area (Å²) in [5, 5.41) is 3.26. The molecule has 2 aliphatic heterocycles. The van der Waals surface area contributed by atoms with Crippen LogP contribution in [0.4, 0.5) is 0 Å². The first-order chi connectivity index (χ1) is 9.83. The molecule has 0 bridgehead atoms. The van der Waals surface area contributed by atoms with E-state index in [-0.39, 0.29) is 11.9 Å². The highest BCUT2D eigenvalue weighted by atomic mass is 32.2. The van der Waals surface area contributed by atoms with E-state index < -0.39 is 0 Å². The molecule has 1 aromatic heterocycles. The summed E-state index contributed by atoms with van der Waals surface area (Å²) in [4.78, 5) is 20.7. The molecule has 20 heavy (non-hydrogen) atoms. The van der Waals surface area contributed by atoms with Gasteiger partial charge in [-0.1, -0.05) is 0 Å². The van der Waals surface area contributed by atoms with E-state index in [0.29, 0.717) is 0 Å². The van der Waals surface area contributed by atoms with Crippen LogP contribution in [0, 0.1) is 0 Å². The predicted octanol–water partition coefficient (Wildman–Crippen LogP) is 0.388. The Balaban J connectivity index is 1.48. The van der Waals surface area contributed by atoms with E-state index in [1.165, 1.54) is 5.56 Å². The number of piperazine rings is 1. The van der Waals surface area contributed by atoms with Gasteiger partial charge in [-0.25, -0.2) is 0 Å². The molecule has 3 heterocycles. The van der Waals surface area contributed by atoms with E-state index >= 15 is 0 Å². The van der Waals surface area contributed by atoms with Crippen LogP contribution in [0.3, 0.4) is 0 Å². The lowest BCUT2D eigenvalue weighted by Gasteiger charge is -2.35. The molecule has 0 aliphatic carbocycles. The Labute approximate surface area is 123 Å². The monoisotopic (exact) mass is 292 g/mol. The number of thioether (sulfide) groups is 1. The summed E-state index contributed by atoms with van der Waals surface area (Å²) in [5.74, 6) is 2.09. The van der Waals surface area contributed by atoms with Crippen molar-refractivity contribution < 1.29 is 4.79 Å². The standard InChI is InChI=1S/C14H20N4OS/c19-14(13-10-20-11-16-13)18-7-5-17(6-8-18)9-12-1-3-15-4-2-12/h1-4,13,16H,5-11H2. The van der Waals surface area contributed by atoms with Crippen molar-refractivity contribution in [3.05, 3.63) is 30.1 Å². The summed E-state index contributed by atoms with van der Waals surface area (Å²) >= 11 is 1.80. The van der Waals surface area contributed by atoms with Gasteiger partial charge in [-0.3, -0.25) is 20.0 Å². The van der Waals surface area contributed by atoms with Crippen LogP contribution in [0.1, 0.15) is 5.56 Å². The summed E-state index contributed by atoms with van der Waals surface area (Å²) in [6.07, 6.45) is 3.66. The highest BCUT2D eigenvalue weighted by Gasteiger charge is 2.29. The van der Waals surface area contributed by atoms with Crippen molar-refractivity contribution in [2.75, 3.05) is 37.8 Å². The molecule has 1 amide bonds. The largest absolute Gasteiger partial charge is 0.339 e. The minimum absolute atomic E-state index is 0.0340. The van der Waals surface area contributed by atoms with Gasteiger partial charge in [0.15, 0.2) is 0 Å². The van der Waals surface area contributed by atoms with Crippen molar-refractivity contribution >= 4 is 17.7 Å². The third kappa shape index (κ3) is 3.31. The average molecular weight is 292 g/mol. The van der Waals surface area contributed by atoms with Gasteiger partial charge >= 0.3 is 0 Å².